The van der Waals surface area contributed by atoms with Gasteiger partial charge in [-0.2, -0.15) is 0 Å². The molecule has 0 spiro atoms. The molecule has 0 fully saturated rings. The molecule has 0 saturated carbocycles. The van der Waals surface area contributed by atoms with Gasteiger partial charge in [-0.1, -0.05) is 12.1 Å². The highest BCUT2D eigenvalue weighted by molar-refractivity contribution is 7.84. The molecule has 0 aliphatic carbocycles. The predicted octanol–water partition coefficient (Wildman–Crippen LogP) is 2.83. The number of benzene rings is 1. The van der Waals surface area contributed by atoms with Crippen molar-refractivity contribution in [3.05, 3.63) is 60.1 Å². The first-order valence-corrected chi connectivity index (χ1v) is 8.61. The number of carbonyl (C=O) groups excluding carboxylic acids is 1. The van der Waals surface area contributed by atoms with Gasteiger partial charge in [0, 0.05) is 41.2 Å². The lowest BCUT2D eigenvalue weighted by Gasteiger charge is -2.06. The number of methoxy groups -OCH3 is 1. The molecule has 0 unspecified atom stereocenters. The molecule has 1 heterocycles. The van der Waals surface area contributed by atoms with Gasteiger partial charge >= 0.3 is 0 Å². The first kappa shape index (κ1) is 17.2. The summed E-state index contributed by atoms with van der Waals surface area (Å²) < 4.78 is 21.9. The van der Waals surface area contributed by atoms with Crippen LogP contribution in [0.25, 0.3) is 6.08 Å². The fourth-order valence-electron chi connectivity index (χ4n) is 1.90. The van der Waals surface area contributed by atoms with Gasteiger partial charge in [0.05, 0.1) is 12.9 Å². The number of ether oxygens (including phenoxy) is 1. The molecule has 0 bridgehead atoms. The Morgan fingerprint density at radius 1 is 1.35 bits per heavy atom. The second-order valence-electron chi connectivity index (χ2n) is 4.82. The molecule has 5 nitrogen and oxygen atoms in total. The Balaban J connectivity index is 1.91. The summed E-state index contributed by atoms with van der Waals surface area (Å²) in [7, 11) is 0.607. The van der Waals surface area contributed by atoms with Crippen molar-refractivity contribution in [2.75, 3.05) is 24.8 Å². The quantitative estimate of drug-likeness (QED) is 0.754. The lowest BCUT2D eigenvalue weighted by Crippen LogP contribution is -2.09. The number of nitrogens with one attached hydrogen (secondary N) is 1. The van der Waals surface area contributed by atoms with E-state index >= 15 is 0 Å². The number of rotatable bonds is 8. The van der Waals surface area contributed by atoms with E-state index in [1.807, 2.05) is 18.2 Å². The van der Waals surface area contributed by atoms with Gasteiger partial charge in [0.15, 0.2) is 0 Å². The highest BCUT2D eigenvalue weighted by Gasteiger charge is 2.04. The molecule has 23 heavy (non-hydrogen) atoms. The summed E-state index contributed by atoms with van der Waals surface area (Å²) in [6.45, 7) is 0.473. The van der Waals surface area contributed by atoms with Gasteiger partial charge < -0.3 is 14.5 Å². The molecule has 1 N–H and O–H groups in total. The van der Waals surface area contributed by atoms with E-state index < -0.39 is 10.8 Å². The zero-order valence-electron chi connectivity index (χ0n) is 12.9. The largest absolute Gasteiger partial charge is 0.465 e. The predicted molar refractivity (Wildman–Crippen MR) is 91.4 cm³/mol. The third-order valence-corrected chi connectivity index (χ3v) is 4.26. The van der Waals surface area contributed by atoms with Crippen LogP contribution in [0, 0.1) is 0 Å². The molecule has 1 atom stereocenters. The van der Waals surface area contributed by atoms with E-state index in [1.54, 1.807) is 37.6 Å². The zero-order valence-corrected chi connectivity index (χ0v) is 13.7. The minimum absolute atomic E-state index is 0.251. The Bertz CT molecular complexity index is 680. The van der Waals surface area contributed by atoms with Gasteiger partial charge in [-0.3, -0.25) is 9.00 Å². The van der Waals surface area contributed by atoms with Crippen LogP contribution in [0.5, 0.6) is 0 Å². The number of amides is 1. The van der Waals surface area contributed by atoms with Gasteiger partial charge in [0.25, 0.3) is 0 Å². The summed E-state index contributed by atoms with van der Waals surface area (Å²) in [6.07, 6.45) is 4.55. The van der Waals surface area contributed by atoms with Crippen molar-refractivity contribution in [3.8, 4) is 0 Å². The molecule has 0 aliphatic rings. The first-order valence-electron chi connectivity index (χ1n) is 7.13. The maximum atomic E-state index is 11.9. The van der Waals surface area contributed by atoms with E-state index in [0.717, 1.165) is 5.56 Å². The number of carbonyl (C=O) groups is 1. The lowest BCUT2D eigenvalue weighted by atomic mass is 10.2. The van der Waals surface area contributed by atoms with Crippen LogP contribution >= 0.6 is 0 Å². The Hall–Kier alpha value is -2.18. The van der Waals surface area contributed by atoms with E-state index in [-0.39, 0.29) is 5.91 Å². The van der Waals surface area contributed by atoms with E-state index in [2.05, 4.69) is 5.32 Å². The van der Waals surface area contributed by atoms with Crippen molar-refractivity contribution < 1.29 is 18.2 Å². The second-order valence-corrected chi connectivity index (χ2v) is 6.40. The summed E-state index contributed by atoms with van der Waals surface area (Å²) in [5, 5.41) is 2.77. The molecule has 1 amide bonds. The summed E-state index contributed by atoms with van der Waals surface area (Å²) in [6, 6.07) is 10.8. The number of anilines is 1. The van der Waals surface area contributed by atoms with Crippen molar-refractivity contribution in [1.29, 1.82) is 0 Å². The number of hydrogen-bond acceptors (Lipinski definition) is 4. The van der Waals surface area contributed by atoms with Crippen LogP contribution in [0.4, 0.5) is 5.69 Å². The molecule has 0 aliphatic heterocycles. The van der Waals surface area contributed by atoms with Gasteiger partial charge in [-0.05, 0) is 35.9 Å². The van der Waals surface area contributed by atoms with Crippen LogP contribution in [-0.2, 0) is 26.1 Å². The molecular formula is C17H19NO4S. The van der Waals surface area contributed by atoms with Crippen LogP contribution < -0.4 is 5.32 Å². The Morgan fingerprint density at radius 3 is 2.96 bits per heavy atom. The minimum atomic E-state index is -0.980. The van der Waals surface area contributed by atoms with Crippen molar-refractivity contribution in [2.45, 2.75) is 5.75 Å². The van der Waals surface area contributed by atoms with E-state index in [4.69, 9.17) is 9.15 Å². The van der Waals surface area contributed by atoms with E-state index in [9.17, 15) is 9.00 Å². The van der Waals surface area contributed by atoms with Crippen molar-refractivity contribution in [2.24, 2.45) is 0 Å². The topological polar surface area (TPSA) is 68.5 Å². The smallest absolute Gasteiger partial charge is 0.248 e. The van der Waals surface area contributed by atoms with Crippen molar-refractivity contribution >= 4 is 28.5 Å². The molecule has 0 saturated heterocycles. The van der Waals surface area contributed by atoms with Gasteiger partial charge in [0.1, 0.15) is 5.76 Å². The third-order valence-electron chi connectivity index (χ3n) is 2.98. The molecule has 6 heteroatoms. The summed E-state index contributed by atoms with van der Waals surface area (Å²) in [5.74, 6) is 1.30. The summed E-state index contributed by atoms with van der Waals surface area (Å²) in [4.78, 5) is 11.9. The molecule has 1 aromatic carbocycles. The second kappa shape index (κ2) is 9.07. The average molecular weight is 333 g/mol. The SMILES string of the molecule is COCC[S@@](=O)Cc1cccc(NC(=O)/C=C\c2ccco2)c1. The Labute approximate surface area is 137 Å². The number of hydrogen-bond donors (Lipinski definition) is 1. The van der Waals surface area contributed by atoms with Crippen LogP contribution in [0.15, 0.2) is 53.2 Å². The molecule has 2 aromatic rings. The first-order chi connectivity index (χ1) is 11.2. The summed E-state index contributed by atoms with van der Waals surface area (Å²) in [5.41, 5.74) is 1.58. The van der Waals surface area contributed by atoms with Crippen LogP contribution in [0.1, 0.15) is 11.3 Å². The molecular weight excluding hydrogens is 314 g/mol. The van der Waals surface area contributed by atoms with Crippen LogP contribution in [-0.4, -0.2) is 29.6 Å². The van der Waals surface area contributed by atoms with Crippen LogP contribution in [0.3, 0.4) is 0 Å². The Morgan fingerprint density at radius 2 is 2.22 bits per heavy atom. The minimum Gasteiger partial charge on any atom is -0.465 e. The normalized spacial score (nSPS) is 12.4. The maximum Gasteiger partial charge on any atom is 0.248 e. The summed E-state index contributed by atoms with van der Waals surface area (Å²) >= 11 is 0. The van der Waals surface area contributed by atoms with Crippen molar-refractivity contribution in [3.63, 3.8) is 0 Å². The highest BCUT2D eigenvalue weighted by Crippen LogP contribution is 2.13. The van der Waals surface area contributed by atoms with Gasteiger partial charge in [-0.15, -0.1) is 0 Å². The Kier molecular flexibility index (Phi) is 6.77. The maximum absolute atomic E-state index is 11.9. The van der Waals surface area contributed by atoms with Crippen molar-refractivity contribution in [1.82, 2.24) is 0 Å². The van der Waals surface area contributed by atoms with Gasteiger partial charge in [-0.25, -0.2) is 0 Å². The molecule has 122 valence electrons. The average Bonchev–Trinajstić information content (AvgIpc) is 3.05. The van der Waals surface area contributed by atoms with Gasteiger partial charge in [0.2, 0.25) is 5.91 Å². The highest BCUT2D eigenvalue weighted by atomic mass is 32.2. The lowest BCUT2D eigenvalue weighted by molar-refractivity contribution is -0.111. The standard InChI is InChI=1S/C17H19NO4S/c1-21-10-11-23(20)13-14-4-2-5-15(12-14)18-17(19)8-7-16-6-3-9-22-16/h2-9,12H,10-11,13H2,1H3,(H,18,19)/b8-7-/t23-/m1/s1. The molecule has 1 aromatic heterocycles. The third kappa shape index (κ3) is 6.22. The van der Waals surface area contributed by atoms with Crippen LogP contribution in [0.2, 0.25) is 0 Å². The fourth-order valence-corrected chi connectivity index (χ4v) is 2.95. The zero-order chi connectivity index (χ0) is 16.5. The molecule has 0 radical (unpaired) electrons. The monoisotopic (exact) mass is 333 g/mol. The van der Waals surface area contributed by atoms with E-state index in [1.165, 1.54) is 6.08 Å². The molecule has 2 rings (SSSR count). The number of furan rings is 1. The fraction of sp³-hybridized carbons (Fsp3) is 0.235. The van der Waals surface area contributed by atoms with E-state index in [0.29, 0.717) is 29.6 Å².